The van der Waals surface area contributed by atoms with Gasteiger partial charge in [0.1, 0.15) is 0 Å². The summed E-state index contributed by atoms with van der Waals surface area (Å²) in [7, 11) is 0. The fourth-order valence-corrected chi connectivity index (χ4v) is 2.53. The minimum atomic E-state index is -0.323. The predicted octanol–water partition coefficient (Wildman–Crippen LogP) is 0.490. The standard InChI is InChI=1S/C15H15N3O3/c19-13-8-11(10-4-1-2-5-12(10)17-13)15(21)18-7-3-6-16-14(20)9-18/h1-2,4-5,8H,3,6-7,9H2,(H,16,20)(H,17,19). The van der Waals surface area contributed by atoms with Gasteiger partial charge in [-0.2, -0.15) is 0 Å². The molecule has 1 aromatic carbocycles. The number of aromatic amines is 1. The van der Waals surface area contributed by atoms with E-state index in [1.165, 1.54) is 11.0 Å². The Bertz CT molecular complexity index is 766. The van der Waals surface area contributed by atoms with Crippen molar-refractivity contribution >= 4 is 22.7 Å². The Morgan fingerprint density at radius 2 is 2.00 bits per heavy atom. The van der Waals surface area contributed by atoms with Crippen LogP contribution in [0.2, 0.25) is 0 Å². The van der Waals surface area contributed by atoms with Crippen molar-refractivity contribution in [3.63, 3.8) is 0 Å². The molecule has 0 atom stereocenters. The number of carbonyl (C=O) groups is 2. The van der Waals surface area contributed by atoms with Crippen molar-refractivity contribution in [3.8, 4) is 0 Å². The van der Waals surface area contributed by atoms with Crippen LogP contribution in [0.15, 0.2) is 35.1 Å². The molecule has 2 heterocycles. The quantitative estimate of drug-likeness (QED) is 0.800. The van der Waals surface area contributed by atoms with Crippen LogP contribution in [-0.4, -0.2) is 41.3 Å². The number of aromatic nitrogens is 1. The molecule has 21 heavy (non-hydrogen) atoms. The summed E-state index contributed by atoms with van der Waals surface area (Å²) in [5, 5.41) is 3.42. The van der Waals surface area contributed by atoms with Gasteiger partial charge < -0.3 is 15.2 Å². The van der Waals surface area contributed by atoms with E-state index >= 15 is 0 Å². The number of benzene rings is 1. The molecule has 0 aliphatic carbocycles. The van der Waals surface area contributed by atoms with Crippen molar-refractivity contribution in [3.05, 3.63) is 46.2 Å². The fraction of sp³-hybridized carbons (Fsp3) is 0.267. The molecule has 0 unspecified atom stereocenters. The number of hydrogen-bond acceptors (Lipinski definition) is 3. The minimum Gasteiger partial charge on any atom is -0.354 e. The second-order valence-electron chi connectivity index (χ2n) is 5.02. The lowest BCUT2D eigenvalue weighted by Gasteiger charge is -2.19. The van der Waals surface area contributed by atoms with Crippen LogP contribution in [0.1, 0.15) is 16.8 Å². The van der Waals surface area contributed by atoms with E-state index in [1.54, 1.807) is 18.2 Å². The van der Waals surface area contributed by atoms with Gasteiger partial charge in [-0.1, -0.05) is 18.2 Å². The van der Waals surface area contributed by atoms with Crippen molar-refractivity contribution < 1.29 is 9.59 Å². The Hall–Kier alpha value is -2.63. The van der Waals surface area contributed by atoms with E-state index in [1.807, 2.05) is 6.07 Å². The van der Waals surface area contributed by atoms with Gasteiger partial charge in [0.2, 0.25) is 11.5 Å². The lowest BCUT2D eigenvalue weighted by molar-refractivity contribution is -0.121. The van der Waals surface area contributed by atoms with Crippen LogP contribution in [-0.2, 0) is 4.79 Å². The second-order valence-corrected chi connectivity index (χ2v) is 5.02. The molecule has 0 saturated carbocycles. The van der Waals surface area contributed by atoms with Crippen LogP contribution in [0.25, 0.3) is 10.9 Å². The number of nitrogens with one attached hydrogen (secondary N) is 2. The number of H-pyrrole nitrogens is 1. The Balaban J connectivity index is 2.05. The highest BCUT2D eigenvalue weighted by atomic mass is 16.2. The van der Waals surface area contributed by atoms with Crippen LogP contribution < -0.4 is 10.9 Å². The molecule has 108 valence electrons. The van der Waals surface area contributed by atoms with E-state index in [2.05, 4.69) is 10.3 Å². The Morgan fingerprint density at radius 1 is 1.19 bits per heavy atom. The molecule has 3 rings (SSSR count). The van der Waals surface area contributed by atoms with E-state index in [4.69, 9.17) is 0 Å². The highest BCUT2D eigenvalue weighted by Gasteiger charge is 2.22. The maximum absolute atomic E-state index is 12.7. The summed E-state index contributed by atoms with van der Waals surface area (Å²) in [4.78, 5) is 40.2. The molecule has 1 saturated heterocycles. The van der Waals surface area contributed by atoms with E-state index in [0.29, 0.717) is 36.0 Å². The van der Waals surface area contributed by atoms with Crippen molar-refractivity contribution in [2.75, 3.05) is 19.6 Å². The molecule has 2 aromatic rings. The van der Waals surface area contributed by atoms with E-state index in [9.17, 15) is 14.4 Å². The predicted molar refractivity (Wildman–Crippen MR) is 78.1 cm³/mol. The second kappa shape index (κ2) is 5.40. The number of para-hydroxylation sites is 1. The molecule has 6 heteroatoms. The van der Waals surface area contributed by atoms with Gasteiger partial charge in [-0.3, -0.25) is 14.4 Å². The molecule has 1 aromatic heterocycles. The van der Waals surface area contributed by atoms with Gasteiger partial charge in [0, 0.05) is 30.1 Å². The third kappa shape index (κ3) is 2.65. The van der Waals surface area contributed by atoms with Crippen molar-refractivity contribution in [2.24, 2.45) is 0 Å². The average Bonchev–Trinajstić information content (AvgIpc) is 2.70. The number of fused-ring (bicyclic) bond motifs is 1. The molecule has 2 N–H and O–H groups in total. The monoisotopic (exact) mass is 285 g/mol. The topological polar surface area (TPSA) is 82.3 Å². The van der Waals surface area contributed by atoms with Gasteiger partial charge >= 0.3 is 0 Å². The Kier molecular flexibility index (Phi) is 3.43. The lowest BCUT2D eigenvalue weighted by atomic mass is 10.1. The Morgan fingerprint density at radius 3 is 2.86 bits per heavy atom. The van der Waals surface area contributed by atoms with E-state index < -0.39 is 0 Å². The average molecular weight is 285 g/mol. The summed E-state index contributed by atoms with van der Waals surface area (Å²) in [6.45, 7) is 1.09. The minimum absolute atomic E-state index is 0.0277. The first kappa shape index (κ1) is 13.4. The highest BCUT2D eigenvalue weighted by molar-refractivity contribution is 6.06. The number of amides is 2. The fourth-order valence-electron chi connectivity index (χ4n) is 2.53. The molecule has 0 radical (unpaired) electrons. The summed E-state index contributed by atoms with van der Waals surface area (Å²) < 4.78 is 0. The van der Waals surface area contributed by atoms with Crippen LogP contribution in [0, 0.1) is 0 Å². The third-order valence-corrected chi connectivity index (χ3v) is 3.53. The molecule has 0 bridgehead atoms. The van der Waals surface area contributed by atoms with Crippen molar-refractivity contribution in [1.82, 2.24) is 15.2 Å². The van der Waals surface area contributed by atoms with Gasteiger partial charge in [-0.05, 0) is 12.5 Å². The SMILES string of the molecule is O=C1CN(C(=O)c2cc(=O)[nH]c3ccccc23)CCCN1. The van der Waals surface area contributed by atoms with Crippen LogP contribution in [0.5, 0.6) is 0 Å². The normalized spacial score (nSPS) is 15.6. The molecule has 1 fully saturated rings. The highest BCUT2D eigenvalue weighted by Crippen LogP contribution is 2.17. The molecule has 1 aliphatic heterocycles. The number of nitrogens with zero attached hydrogens (tertiary/aromatic N) is 1. The zero-order chi connectivity index (χ0) is 14.8. The smallest absolute Gasteiger partial charge is 0.255 e. The van der Waals surface area contributed by atoms with Crippen LogP contribution in [0.3, 0.4) is 0 Å². The first-order valence-electron chi connectivity index (χ1n) is 6.83. The van der Waals surface area contributed by atoms with Gasteiger partial charge in [0.05, 0.1) is 12.1 Å². The molecule has 6 nitrogen and oxygen atoms in total. The van der Waals surface area contributed by atoms with Crippen molar-refractivity contribution in [1.29, 1.82) is 0 Å². The zero-order valence-electron chi connectivity index (χ0n) is 11.4. The van der Waals surface area contributed by atoms with Gasteiger partial charge in [0.15, 0.2) is 0 Å². The number of rotatable bonds is 1. The molecule has 2 amide bonds. The molecular formula is C15H15N3O3. The maximum atomic E-state index is 12.7. The number of pyridine rings is 1. The maximum Gasteiger partial charge on any atom is 0.255 e. The van der Waals surface area contributed by atoms with Crippen LogP contribution >= 0.6 is 0 Å². The summed E-state index contributed by atoms with van der Waals surface area (Å²) in [6, 6.07) is 8.45. The number of hydrogen-bond donors (Lipinski definition) is 2. The van der Waals surface area contributed by atoms with Gasteiger partial charge in [0.25, 0.3) is 5.91 Å². The van der Waals surface area contributed by atoms with Crippen LogP contribution in [0.4, 0.5) is 0 Å². The van der Waals surface area contributed by atoms with Gasteiger partial charge in [-0.15, -0.1) is 0 Å². The van der Waals surface area contributed by atoms with Gasteiger partial charge in [-0.25, -0.2) is 0 Å². The summed E-state index contributed by atoms with van der Waals surface area (Å²) in [6.07, 6.45) is 0.707. The third-order valence-electron chi connectivity index (χ3n) is 3.53. The van der Waals surface area contributed by atoms with E-state index in [0.717, 1.165) is 0 Å². The molecule has 0 spiro atoms. The zero-order valence-corrected chi connectivity index (χ0v) is 11.4. The summed E-state index contributed by atoms with van der Waals surface area (Å²) >= 11 is 0. The summed E-state index contributed by atoms with van der Waals surface area (Å²) in [5.74, 6) is -0.454. The first-order chi connectivity index (χ1) is 10.1. The first-order valence-corrected chi connectivity index (χ1v) is 6.83. The lowest BCUT2D eigenvalue weighted by Crippen LogP contribution is -2.37. The molecular weight excluding hydrogens is 270 g/mol. The largest absolute Gasteiger partial charge is 0.354 e. The van der Waals surface area contributed by atoms with E-state index in [-0.39, 0.29) is 23.9 Å². The molecule has 1 aliphatic rings. The summed E-state index contributed by atoms with van der Waals surface area (Å²) in [5.41, 5.74) is 0.632. The Labute approximate surface area is 120 Å². The van der Waals surface area contributed by atoms with Crippen molar-refractivity contribution in [2.45, 2.75) is 6.42 Å². The number of carbonyl (C=O) groups excluding carboxylic acids is 2.